The topological polar surface area (TPSA) is 80.3 Å². The SMILES string of the molecule is O=S([O-])F.O=S([O-])F.[Zn+2]. The Labute approximate surface area is 67.9 Å². The maximum Gasteiger partial charge on any atom is 2.00 e. The van der Waals surface area contributed by atoms with E-state index in [1.165, 1.54) is 0 Å². The second kappa shape index (κ2) is 11.5. The summed E-state index contributed by atoms with van der Waals surface area (Å²) in [6.45, 7) is 0. The van der Waals surface area contributed by atoms with Crippen LogP contribution in [0.2, 0.25) is 0 Å². The zero-order chi connectivity index (χ0) is 7.15. The maximum absolute atomic E-state index is 9.92. The van der Waals surface area contributed by atoms with Crippen LogP contribution in [0.5, 0.6) is 0 Å². The molecule has 0 aliphatic rings. The second-order valence-electron chi connectivity index (χ2n) is 0.388. The van der Waals surface area contributed by atoms with Crippen molar-refractivity contribution in [3.05, 3.63) is 0 Å². The third-order valence-electron chi connectivity index (χ3n) is 0. The van der Waals surface area contributed by atoms with Gasteiger partial charge in [-0.15, -0.1) is 7.77 Å². The minimum absolute atomic E-state index is 0. The van der Waals surface area contributed by atoms with E-state index in [-0.39, 0.29) is 19.5 Å². The molecule has 4 nitrogen and oxygen atoms in total. The Morgan fingerprint density at radius 2 is 1.00 bits per heavy atom. The van der Waals surface area contributed by atoms with Gasteiger partial charge in [-0.25, -0.2) is 8.42 Å². The van der Waals surface area contributed by atoms with Crippen molar-refractivity contribution in [2.75, 3.05) is 0 Å². The normalized spacial score (nSPS) is 13.8. The molecule has 0 radical (unpaired) electrons. The Bertz CT molecular complexity index is 74.6. The molecule has 0 heterocycles. The van der Waals surface area contributed by atoms with Crippen LogP contribution in [0.4, 0.5) is 7.77 Å². The summed E-state index contributed by atoms with van der Waals surface area (Å²) in [5, 5.41) is 0. The first-order chi connectivity index (χ1) is 3.46. The van der Waals surface area contributed by atoms with E-state index >= 15 is 0 Å². The third kappa shape index (κ3) is 790. The quantitative estimate of drug-likeness (QED) is 0.320. The first kappa shape index (κ1) is 16.4. The summed E-state index contributed by atoms with van der Waals surface area (Å²) in [6, 6.07) is 0. The molecule has 0 bridgehead atoms. The van der Waals surface area contributed by atoms with Gasteiger partial charge in [0.2, 0.25) is 0 Å². The Balaban J connectivity index is -0.0000000720. The molecule has 0 saturated carbocycles. The fourth-order valence-corrected chi connectivity index (χ4v) is 0. The Morgan fingerprint density at radius 1 is 1.00 bits per heavy atom. The van der Waals surface area contributed by atoms with Gasteiger partial charge in [-0.2, -0.15) is 0 Å². The van der Waals surface area contributed by atoms with E-state index in [0.29, 0.717) is 0 Å². The van der Waals surface area contributed by atoms with Crippen LogP contribution in [0.25, 0.3) is 0 Å². The summed E-state index contributed by atoms with van der Waals surface area (Å²) < 4.78 is 53.2. The van der Waals surface area contributed by atoms with Gasteiger partial charge in [-0.1, -0.05) is 0 Å². The number of halogens is 2. The molecule has 9 heavy (non-hydrogen) atoms. The Hall–Kier alpha value is 0.703. The summed E-state index contributed by atoms with van der Waals surface area (Å²) >= 11 is -6.72. The van der Waals surface area contributed by atoms with E-state index in [9.17, 15) is 7.77 Å². The second-order valence-corrected chi connectivity index (χ2v) is 1.16. The molecule has 52 valence electrons. The maximum atomic E-state index is 9.92. The molecule has 0 aliphatic carbocycles. The van der Waals surface area contributed by atoms with Gasteiger partial charge in [-0.3, -0.25) is 0 Å². The van der Waals surface area contributed by atoms with Gasteiger partial charge in [0.15, 0.2) is 0 Å². The van der Waals surface area contributed by atoms with Gasteiger partial charge in [0.25, 0.3) is 0 Å². The molecule has 2 atom stereocenters. The molecule has 0 aromatic carbocycles. The molecule has 0 fully saturated rings. The van der Waals surface area contributed by atoms with Gasteiger partial charge in [0.05, 0.1) is 0 Å². The van der Waals surface area contributed by atoms with Crippen LogP contribution in [0, 0.1) is 0 Å². The van der Waals surface area contributed by atoms with Crippen LogP contribution in [-0.2, 0) is 42.4 Å². The zero-order valence-corrected chi connectivity index (χ0v) is 8.51. The van der Waals surface area contributed by atoms with Crippen molar-refractivity contribution in [1.29, 1.82) is 0 Å². The molecule has 0 aliphatic heterocycles. The van der Waals surface area contributed by atoms with Crippen LogP contribution in [0.3, 0.4) is 0 Å². The minimum Gasteiger partial charge on any atom is -0.746 e. The molecule has 9 heteroatoms. The van der Waals surface area contributed by atoms with Crippen molar-refractivity contribution in [1.82, 2.24) is 0 Å². The van der Waals surface area contributed by atoms with Crippen LogP contribution >= 0.6 is 0 Å². The summed E-state index contributed by atoms with van der Waals surface area (Å²) in [7, 11) is 0. The minimum atomic E-state index is -3.36. The van der Waals surface area contributed by atoms with E-state index < -0.39 is 22.9 Å². The van der Waals surface area contributed by atoms with Crippen molar-refractivity contribution in [3.8, 4) is 0 Å². The first-order valence-electron chi connectivity index (χ1n) is 0.975. The summed E-state index contributed by atoms with van der Waals surface area (Å²) in [5.41, 5.74) is 0. The monoisotopic (exact) mass is 230 g/mol. The van der Waals surface area contributed by atoms with Crippen molar-refractivity contribution in [2.45, 2.75) is 0 Å². The van der Waals surface area contributed by atoms with Crippen LogP contribution in [0.1, 0.15) is 0 Å². The van der Waals surface area contributed by atoms with Crippen LogP contribution < -0.4 is 0 Å². The molecule has 2 unspecified atom stereocenters. The van der Waals surface area contributed by atoms with Crippen LogP contribution in [-0.4, -0.2) is 17.5 Å². The van der Waals surface area contributed by atoms with E-state index in [4.69, 9.17) is 17.5 Å². The predicted molar refractivity (Wildman–Crippen MR) is 20.1 cm³/mol. The molecule has 0 saturated heterocycles. The smallest absolute Gasteiger partial charge is 0.746 e. The largest absolute Gasteiger partial charge is 2.00 e. The molecular formula is F2O4S2Zn. The van der Waals surface area contributed by atoms with E-state index in [0.717, 1.165) is 0 Å². The number of rotatable bonds is 0. The van der Waals surface area contributed by atoms with Crippen molar-refractivity contribution < 1.29 is 44.8 Å². The molecular weight excluding hydrogens is 232 g/mol. The molecule has 0 N–H and O–H groups in total. The number of hydrogen-bond donors (Lipinski definition) is 0. The summed E-state index contributed by atoms with van der Waals surface area (Å²) in [4.78, 5) is 0. The number of hydrogen-bond acceptors (Lipinski definition) is 4. The molecule has 0 rings (SSSR count). The average Bonchev–Trinajstić information content (AvgIpc) is 1.25. The third-order valence-corrected chi connectivity index (χ3v) is 0. The predicted octanol–water partition coefficient (Wildman–Crippen LogP) is -0.502. The van der Waals surface area contributed by atoms with Gasteiger partial charge in [0.1, 0.15) is 22.9 Å². The molecule has 0 amide bonds. The van der Waals surface area contributed by atoms with Gasteiger partial charge in [0, 0.05) is 0 Å². The average molecular weight is 232 g/mol. The van der Waals surface area contributed by atoms with E-state index in [1.54, 1.807) is 0 Å². The van der Waals surface area contributed by atoms with Gasteiger partial charge < -0.3 is 9.11 Å². The fraction of sp³-hybridized carbons (Fsp3) is 0. The molecule has 0 spiro atoms. The fourth-order valence-electron chi connectivity index (χ4n) is 0. The summed E-state index contributed by atoms with van der Waals surface area (Å²) in [6.07, 6.45) is 0. The van der Waals surface area contributed by atoms with E-state index in [1.807, 2.05) is 0 Å². The van der Waals surface area contributed by atoms with Crippen molar-refractivity contribution in [3.63, 3.8) is 0 Å². The Kier molecular flexibility index (Phi) is 20.9. The standard InChI is InChI=1S/2FHO2S.Zn/c2*1-4(2)3;/h2*(H,2,3);/q;;+2/p-2. The first-order valence-corrected chi connectivity index (χ1v) is 2.93. The van der Waals surface area contributed by atoms with E-state index in [2.05, 4.69) is 0 Å². The van der Waals surface area contributed by atoms with Crippen molar-refractivity contribution in [2.24, 2.45) is 0 Å². The van der Waals surface area contributed by atoms with Gasteiger partial charge >= 0.3 is 19.5 Å². The van der Waals surface area contributed by atoms with Gasteiger partial charge in [-0.05, 0) is 0 Å². The Morgan fingerprint density at radius 3 is 1.00 bits per heavy atom. The van der Waals surface area contributed by atoms with Crippen LogP contribution in [0.15, 0.2) is 0 Å². The van der Waals surface area contributed by atoms with Crippen molar-refractivity contribution >= 4 is 22.9 Å². The molecule has 0 aromatic rings. The molecule has 0 aromatic heterocycles. The summed E-state index contributed by atoms with van der Waals surface area (Å²) in [5.74, 6) is 0. The zero-order valence-electron chi connectivity index (χ0n) is 3.91.